The lowest BCUT2D eigenvalue weighted by Crippen LogP contribution is -2.58. The number of quaternary nitrogens is 2. The molecule has 5 heteroatoms. The van der Waals surface area contributed by atoms with Crippen LogP contribution in [-0.4, -0.2) is 82.2 Å². The Morgan fingerprint density at radius 2 is 1.53 bits per heavy atom. The van der Waals surface area contributed by atoms with Gasteiger partial charge < -0.3 is 13.7 Å². The molecule has 0 radical (unpaired) electrons. The third kappa shape index (κ3) is 5.79. The van der Waals surface area contributed by atoms with Crippen molar-refractivity contribution in [2.75, 3.05) is 55.4 Å². The van der Waals surface area contributed by atoms with Gasteiger partial charge in [-0.3, -0.25) is 4.79 Å². The minimum Gasteiger partial charge on any atom is -0.461 e. The van der Waals surface area contributed by atoms with E-state index in [4.69, 9.17) is 4.74 Å². The van der Waals surface area contributed by atoms with Gasteiger partial charge in [-0.05, 0) is 6.92 Å². The van der Waals surface area contributed by atoms with Crippen LogP contribution in [0.3, 0.4) is 0 Å². The summed E-state index contributed by atoms with van der Waals surface area (Å²) >= 11 is 0. The standard InChI is InChI=1S/C12H26N2O3/c1-8-17-12(16)11(14(5,6)7)10(15)9-13(2,3)4/h11H,8-9H2,1-7H3/q+2. The summed E-state index contributed by atoms with van der Waals surface area (Å²) in [6.45, 7) is 2.36. The van der Waals surface area contributed by atoms with Gasteiger partial charge in [-0.25, -0.2) is 4.79 Å². The van der Waals surface area contributed by atoms with E-state index >= 15 is 0 Å². The van der Waals surface area contributed by atoms with Crippen LogP contribution in [-0.2, 0) is 14.3 Å². The molecule has 0 saturated carbocycles. The minimum atomic E-state index is -0.743. The van der Waals surface area contributed by atoms with E-state index in [0.717, 1.165) is 0 Å². The molecule has 5 nitrogen and oxygen atoms in total. The fourth-order valence-corrected chi connectivity index (χ4v) is 1.65. The number of rotatable bonds is 6. The van der Waals surface area contributed by atoms with Crippen LogP contribution in [0.5, 0.6) is 0 Å². The summed E-state index contributed by atoms with van der Waals surface area (Å²) in [6, 6.07) is -0.743. The molecular formula is C12H26N2O3+2. The average Bonchev–Trinajstić information content (AvgIpc) is 1.96. The Labute approximate surface area is 104 Å². The van der Waals surface area contributed by atoms with E-state index in [1.54, 1.807) is 6.92 Å². The molecule has 0 aromatic rings. The third-order valence-electron chi connectivity index (χ3n) is 2.22. The molecule has 0 aromatic carbocycles. The predicted molar refractivity (Wildman–Crippen MR) is 66.4 cm³/mol. The molecule has 0 N–H and O–H groups in total. The second-order valence-corrected chi connectivity index (χ2v) is 6.19. The average molecular weight is 246 g/mol. The van der Waals surface area contributed by atoms with Gasteiger partial charge in [-0.1, -0.05) is 0 Å². The van der Waals surface area contributed by atoms with Crippen LogP contribution in [0.15, 0.2) is 0 Å². The molecule has 100 valence electrons. The maximum absolute atomic E-state index is 12.2. The zero-order chi connectivity index (χ0) is 13.9. The van der Waals surface area contributed by atoms with Crippen molar-refractivity contribution in [2.24, 2.45) is 0 Å². The van der Waals surface area contributed by atoms with Crippen molar-refractivity contribution >= 4 is 11.8 Å². The highest BCUT2D eigenvalue weighted by atomic mass is 16.5. The molecule has 0 saturated heterocycles. The number of ketones is 1. The van der Waals surface area contributed by atoms with E-state index in [1.807, 2.05) is 42.3 Å². The Morgan fingerprint density at radius 3 is 1.82 bits per heavy atom. The van der Waals surface area contributed by atoms with E-state index in [-0.39, 0.29) is 10.3 Å². The van der Waals surface area contributed by atoms with Gasteiger partial charge in [0.25, 0.3) is 11.8 Å². The number of hydrogen-bond donors (Lipinski definition) is 0. The number of esters is 1. The first kappa shape index (κ1) is 16.1. The molecule has 0 rings (SSSR count). The molecule has 0 fully saturated rings. The first-order valence-corrected chi connectivity index (χ1v) is 5.80. The van der Waals surface area contributed by atoms with E-state index < -0.39 is 12.0 Å². The highest BCUT2D eigenvalue weighted by Gasteiger charge is 2.41. The summed E-state index contributed by atoms with van der Waals surface area (Å²) in [7, 11) is 11.3. The van der Waals surface area contributed by atoms with Gasteiger partial charge in [0.05, 0.1) is 48.9 Å². The van der Waals surface area contributed by atoms with Crippen LogP contribution in [0.1, 0.15) is 6.92 Å². The van der Waals surface area contributed by atoms with Crippen molar-refractivity contribution < 1.29 is 23.3 Å². The molecule has 0 aliphatic heterocycles. The lowest BCUT2D eigenvalue weighted by molar-refractivity contribution is -0.885. The minimum absolute atomic E-state index is 0.0801. The highest BCUT2D eigenvalue weighted by molar-refractivity contribution is 6.02. The molecule has 0 aromatic heterocycles. The number of carbonyl (C=O) groups excluding carboxylic acids is 2. The van der Waals surface area contributed by atoms with Crippen LogP contribution in [0.25, 0.3) is 0 Å². The maximum atomic E-state index is 12.2. The zero-order valence-corrected chi connectivity index (χ0v) is 12.1. The fraction of sp³-hybridized carbons (Fsp3) is 0.833. The zero-order valence-electron chi connectivity index (χ0n) is 12.1. The van der Waals surface area contributed by atoms with E-state index in [0.29, 0.717) is 17.6 Å². The van der Waals surface area contributed by atoms with Crippen molar-refractivity contribution in [3.8, 4) is 0 Å². The number of likely N-dealkylation sites (N-methyl/N-ethyl adjacent to an activating group) is 2. The maximum Gasteiger partial charge on any atom is 0.373 e. The van der Waals surface area contributed by atoms with Crippen molar-refractivity contribution in [1.82, 2.24) is 0 Å². The fourth-order valence-electron chi connectivity index (χ4n) is 1.65. The van der Waals surface area contributed by atoms with Crippen LogP contribution in [0, 0.1) is 0 Å². The Hall–Kier alpha value is -0.940. The van der Waals surface area contributed by atoms with Crippen molar-refractivity contribution in [3.05, 3.63) is 0 Å². The Balaban J connectivity index is 4.95. The van der Waals surface area contributed by atoms with Crippen LogP contribution < -0.4 is 0 Å². The topological polar surface area (TPSA) is 43.4 Å². The predicted octanol–water partition coefficient (Wildman–Crippen LogP) is -0.100. The molecule has 17 heavy (non-hydrogen) atoms. The lowest BCUT2D eigenvalue weighted by Gasteiger charge is -2.33. The molecule has 0 amide bonds. The van der Waals surface area contributed by atoms with Crippen LogP contribution in [0.4, 0.5) is 0 Å². The number of carbonyl (C=O) groups is 2. The Morgan fingerprint density at radius 1 is 1.06 bits per heavy atom. The smallest absolute Gasteiger partial charge is 0.373 e. The molecule has 0 heterocycles. The molecule has 1 atom stereocenters. The molecule has 0 aliphatic carbocycles. The van der Waals surface area contributed by atoms with E-state index in [1.165, 1.54) is 0 Å². The SMILES string of the molecule is CCOC(=O)C(C(=O)C[N+](C)(C)C)[N+](C)(C)C. The second kappa shape index (κ2) is 5.60. The largest absolute Gasteiger partial charge is 0.461 e. The molecule has 0 spiro atoms. The first-order valence-electron chi connectivity index (χ1n) is 5.80. The van der Waals surface area contributed by atoms with Gasteiger partial charge in [0.2, 0.25) is 0 Å². The molecule has 0 bridgehead atoms. The summed E-state index contributed by atoms with van der Waals surface area (Å²) < 4.78 is 5.75. The van der Waals surface area contributed by atoms with Gasteiger partial charge in [-0.15, -0.1) is 0 Å². The monoisotopic (exact) mass is 246 g/mol. The lowest BCUT2D eigenvalue weighted by atomic mass is 10.1. The number of Topliss-reactive ketones (excluding diaryl/α,β-unsaturated/α-hetero) is 1. The summed E-state index contributed by atoms with van der Waals surface area (Å²) in [5.74, 6) is -0.512. The van der Waals surface area contributed by atoms with Gasteiger partial charge in [-0.2, -0.15) is 0 Å². The molecule has 1 unspecified atom stereocenters. The van der Waals surface area contributed by atoms with E-state index in [9.17, 15) is 9.59 Å². The Kier molecular flexibility index (Phi) is 5.29. The van der Waals surface area contributed by atoms with Gasteiger partial charge in [0.15, 0.2) is 0 Å². The van der Waals surface area contributed by atoms with Crippen LogP contribution >= 0.6 is 0 Å². The van der Waals surface area contributed by atoms with E-state index in [2.05, 4.69) is 0 Å². The summed E-state index contributed by atoms with van der Waals surface area (Å²) in [5, 5.41) is 0. The van der Waals surface area contributed by atoms with Gasteiger partial charge in [0.1, 0.15) is 6.54 Å². The third-order valence-corrected chi connectivity index (χ3v) is 2.22. The number of ether oxygens (including phenoxy) is 1. The van der Waals surface area contributed by atoms with Crippen LogP contribution in [0.2, 0.25) is 0 Å². The van der Waals surface area contributed by atoms with Gasteiger partial charge >= 0.3 is 5.97 Å². The molecule has 0 aliphatic rings. The summed E-state index contributed by atoms with van der Waals surface area (Å²) in [4.78, 5) is 24.0. The van der Waals surface area contributed by atoms with Crippen molar-refractivity contribution in [2.45, 2.75) is 13.0 Å². The second-order valence-electron chi connectivity index (χ2n) is 6.19. The Bertz CT molecular complexity index is 287. The number of nitrogens with zero attached hydrogens (tertiary/aromatic N) is 2. The van der Waals surface area contributed by atoms with Gasteiger partial charge in [0, 0.05) is 0 Å². The molecular weight excluding hydrogens is 220 g/mol. The first-order chi connectivity index (χ1) is 7.49. The summed E-state index contributed by atoms with van der Waals surface area (Å²) in [5.41, 5.74) is 0. The number of hydrogen-bond acceptors (Lipinski definition) is 3. The highest BCUT2D eigenvalue weighted by Crippen LogP contribution is 2.09. The normalized spacial score (nSPS) is 14.3. The summed E-state index contributed by atoms with van der Waals surface area (Å²) in [6.07, 6.45) is 0. The van der Waals surface area contributed by atoms with Crippen molar-refractivity contribution in [3.63, 3.8) is 0 Å². The quantitative estimate of drug-likeness (QED) is 0.373. The van der Waals surface area contributed by atoms with Crippen molar-refractivity contribution in [1.29, 1.82) is 0 Å².